The van der Waals surface area contributed by atoms with Crippen molar-refractivity contribution in [1.82, 2.24) is 0 Å². The molecule has 15 heavy (non-hydrogen) atoms. The average Bonchev–Trinajstić information content (AvgIpc) is 2.25. The van der Waals surface area contributed by atoms with Gasteiger partial charge >= 0.3 is 29.6 Å². The van der Waals surface area contributed by atoms with Crippen LogP contribution < -0.4 is 45.4 Å². The maximum absolute atomic E-state index is 9.68. The average molecular weight is 238 g/mol. The van der Waals surface area contributed by atoms with E-state index >= 15 is 0 Å². The van der Waals surface area contributed by atoms with Crippen molar-refractivity contribution in [3.8, 4) is 0 Å². The van der Waals surface area contributed by atoms with Crippen LogP contribution in [0.5, 0.6) is 0 Å². The maximum Gasteiger partial charge on any atom is 1.00 e. The first-order valence-electron chi connectivity index (χ1n) is 3.94. The fourth-order valence-electron chi connectivity index (χ4n) is 1.00. The molecule has 0 amide bonds. The van der Waals surface area contributed by atoms with Crippen molar-refractivity contribution >= 4 is 23.4 Å². The number of hydrogen-bond donors (Lipinski definition) is 2. The first kappa shape index (κ1) is 15.0. The molecule has 0 unspecified atom stereocenters. The standard InChI is InChI=1S/C8H12N2O3S.Na/c1-9-6-3-4-7(10-2)8(5-6)14-13-12-11;/h3-5,9-11H,1-2H3;/q;+1/p-1. The zero-order valence-corrected chi connectivity index (χ0v) is 11.7. The van der Waals surface area contributed by atoms with Gasteiger partial charge in [-0.05, 0) is 18.2 Å². The molecule has 0 saturated carbocycles. The molecule has 0 fully saturated rings. The van der Waals surface area contributed by atoms with Gasteiger partial charge in [-0.1, -0.05) is 0 Å². The Labute approximate surface area is 115 Å². The van der Waals surface area contributed by atoms with E-state index in [4.69, 9.17) is 0 Å². The van der Waals surface area contributed by atoms with E-state index in [1.807, 2.05) is 25.2 Å². The fraction of sp³-hybridized carbons (Fsp3) is 0.250. The second-order valence-corrected chi connectivity index (χ2v) is 3.17. The van der Waals surface area contributed by atoms with Gasteiger partial charge in [0.2, 0.25) is 0 Å². The minimum atomic E-state index is 0. The van der Waals surface area contributed by atoms with E-state index in [2.05, 4.69) is 20.0 Å². The minimum Gasteiger partial charge on any atom is -0.691 e. The van der Waals surface area contributed by atoms with Gasteiger partial charge in [-0.25, -0.2) is 0 Å². The summed E-state index contributed by atoms with van der Waals surface area (Å²) >= 11 is 0.864. The van der Waals surface area contributed by atoms with Gasteiger partial charge in [-0.15, -0.1) is 0 Å². The third-order valence-electron chi connectivity index (χ3n) is 1.69. The van der Waals surface area contributed by atoms with E-state index in [0.717, 1.165) is 28.3 Å². The number of nitrogens with one attached hydrogen (secondary N) is 2. The Morgan fingerprint density at radius 1 is 1.27 bits per heavy atom. The molecule has 0 aromatic heterocycles. The summed E-state index contributed by atoms with van der Waals surface area (Å²) in [5.74, 6) is 0. The minimum absolute atomic E-state index is 0. The second-order valence-electron chi connectivity index (χ2n) is 2.43. The monoisotopic (exact) mass is 238 g/mol. The van der Waals surface area contributed by atoms with Gasteiger partial charge in [0.1, 0.15) is 0 Å². The summed E-state index contributed by atoms with van der Waals surface area (Å²) in [6, 6.07) is 5.63. The zero-order valence-electron chi connectivity index (χ0n) is 8.87. The van der Waals surface area contributed by atoms with E-state index in [1.165, 1.54) is 0 Å². The molecule has 1 aromatic rings. The molecule has 0 heterocycles. The molecule has 0 radical (unpaired) electrons. The molecule has 78 valence electrons. The maximum atomic E-state index is 9.68. The van der Waals surface area contributed by atoms with Crippen molar-refractivity contribution in [3.05, 3.63) is 18.2 Å². The largest absolute Gasteiger partial charge is 1.00 e. The molecule has 0 aliphatic rings. The van der Waals surface area contributed by atoms with Crippen LogP contribution in [0.2, 0.25) is 0 Å². The normalized spacial score (nSPS) is 9.27. The molecule has 0 aliphatic carbocycles. The van der Waals surface area contributed by atoms with Crippen LogP contribution in [0.1, 0.15) is 0 Å². The van der Waals surface area contributed by atoms with Crippen LogP contribution in [-0.4, -0.2) is 14.1 Å². The van der Waals surface area contributed by atoms with Gasteiger partial charge in [0, 0.05) is 19.8 Å². The number of benzene rings is 1. The Hall–Kier alpha value is 0.0500. The molecule has 1 rings (SSSR count). The van der Waals surface area contributed by atoms with E-state index in [-0.39, 0.29) is 29.6 Å². The molecule has 0 aliphatic heterocycles. The van der Waals surface area contributed by atoms with Crippen LogP contribution in [0.15, 0.2) is 23.1 Å². The van der Waals surface area contributed by atoms with Crippen LogP contribution in [0, 0.1) is 0 Å². The second kappa shape index (κ2) is 8.23. The summed E-state index contributed by atoms with van der Waals surface area (Å²) in [7, 11) is 3.60. The van der Waals surface area contributed by atoms with Crippen LogP contribution in [0.25, 0.3) is 0 Å². The van der Waals surface area contributed by atoms with Gasteiger partial charge in [0.25, 0.3) is 0 Å². The van der Waals surface area contributed by atoms with Crippen LogP contribution in [0.3, 0.4) is 0 Å². The summed E-state index contributed by atoms with van der Waals surface area (Å²) in [4.78, 5) is 0.773. The van der Waals surface area contributed by atoms with Crippen molar-refractivity contribution in [1.29, 1.82) is 0 Å². The van der Waals surface area contributed by atoms with E-state index in [1.54, 1.807) is 7.05 Å². The van der Waals surface area contributed by atoms with E-state index in [9.17, 15) is 5.26 Å². The first-order chi connectivity index (χ1) is 6.81. The van der Waals surface area contributed by atoms with Crippen molar-refractivity contribution in [3.63, 3.8) is 0 Å². The molecule has 0 bridgehead atoms. The molecule has 0 atom stereocenters. The van der Waals surface area contributed by atoms with Crippen molar-refractivity contribution in [2.45, 2.75) is 4.90 Å². The molecule has 1 aromatic carbocycles. The molecular weight excluding hydrogens is 227 g/mol. The van der Waals surface area contributed by atoms with Crippen molar-refractivity contribution < 1.29 is 44.2 Å². The molecule has 0 spiro atoms. The molecular formula is C8H11N2NaO3S. The number of hydrogen-bond acceptors (Lipinski definition) is 6. The Bertz CT molecular complexity index is 301. The Morgan fingerprint density at radius 3 is 2.53 bits per heavy atom. The quantitative estimate of drug-likeness (QED) is 0.268. The smallest absolute Gasteiger partial charge is 0.691 e. The predicted octanol–water partition coefficient (Wildman–Crippen LogP) is -2.00. The van der Waals surface area contributed by atoms with Gasteiger partial charge in [0.15, 0.2) is 0 Å². The van der Waals surface area contributed by atoms with Crippen LogP contribution in [0.4, 0.5) is 11.4 Å². The Morgan fingerprint density at radius 2 is 2.00 bits per heavy atom. The summed E-state index contributed by atoms with van der Waals surface area (Å²) in [5, 5.41) is 18.9. The third-order valence-corrected chi connectivity index (χ3v) is 2.33. The third kappa shape index (κ3) is 4.60. The SMILES string of the molecule is CNc1ccc(NC)c(SOO[O-])c1.[Na+]. The predicted molar refractivity (Wildman–Crippen MR) is 53.6 cm³/mol. The van der Waals surface area contributed by atoms with Crippen LogP contribution >= 0.6 is 12.0 Å². The van der Waals surface area contributed by atoms with Crippen molar-refractivity contribution in [2.24, 2.45) is 0 Å². The molecule has 2 N–H and O–H groups in total. The first-order valence-corrected chi connectivity index (χ1v) is 4.68. The van der Waals surface area contributed by atoms with Gasteiger partial charge in [-0.3, -0.25) is 5.04 Å². The Balaban J connectivity index is 0.00000196. The van der Waals surface area contributed by atoms with Gasteiger partial charge in [-0.2, -0.15) is 4.33 Å². The fourth-order valence-corrected chi connectivity index (χ4v) is 1.54. The molecule has 5 nitrogen and oxygen atoms in total. The number of anilines is 2. The van der Waals surface area contributed by atoms with Crippen LogP contribution in [-0.2, 0) is 9.37 Å². The van der Waals surface area contributed by atoms with E-state index in [0.29, 0.717) is 0 Å². The topological polar surface area (TPSA) is 65.6 Å². The van der Waals surface area contributed by atoms with E-state index < -0.39 is 0 Å². The van der Waals surface area contributed by atoms with Gasteiger partial charge < -0.3 is 15.9 Å². The Kier molecular flexibility index (Phi) is 8.26. The molecule has 0 saturated heterocycles. The summed E-state index contributed by atoms with van der Waals surface area (Å²) < 4.78 is 4.25. The summed E-state index contributed by atoms with van der Waals surface area (Å²) in [5.41, 5.74) is 1.80. The van der Waals surface area contributed by atoms with Crippen molar-refractivity contribution in [2.75, 3.05) is 24.7 Å². The zero-order chi connectivity index (χ0) is 10.4. The number of rotatable bonds is 5. The molecule has 7 heteroatoms. The van der Waals surface area contributed by atoms with Gasteiger partial charge in [0.05, 0.1) is 22.6 Å². The summed E-state index contributed by atoms with van der Waals surface area (Å²) in [6.07, 6.45) is 0. The summed E-state index contributed by atoms with van der Waals surface area (Å²) in [6.45, 7) is 0.